The van der Waals surface area contributed by atoms with Gasteiger partial charge in [-0.25, -0.2) is 0 Å². The lowest BCUT2D eigenvalue weighted by atomic mass is 9.93. The summed E-state index contributed by atoms with van der Waals surface area (Å²) in [6, 6.07) is 0. The Kier molecular flexibility index (Phi) is 4.87. The highest BCUT2D eigenvalue weighted by atomic mass is 15.2. The van der Waals surface area contributed by atoms with Gasteiger partial charge in [-0.1, -0.05) is 20.3 Å². The summed E-state index contributed by atoms with van der Waals surface area (Å²) in [7, 11) is 0. The molecule has 2 heterocycles. The monoisotopic (exact) mass is 238 g/mol. The molecular weight excluding hydrogens is 208 g/mol. The van der Waals surface area contributed by atoms with Gasteiger partial charge in [0.25, 0.3) is 0 Å². The Morgan fingerprint density at radius 2 is 2.06 bits per heavy atom. The molecule has 2 aliphatic heterocycles. The topological polar surface area (TPSA) is 15.3 Å². The van der Waals surface area contributed by atoms with Crippen molar-refractivity contribution in [1.82, 2.24) is 10.2 Å². The van der Waals surface area contributed by atoms with Crippen LogP contribution in [0.15, 0.2) is 0 Å². The van der Waals surface area contributed by atoms with Crippen molar-refractivity contribution in [3.63, 3.8) is 0 Å². The first-order valence-corrected chi connectivity index (χ1v) is 7.75. The molecule has 100 valence electrons. The van der Waals surface area contributed by atoms with E-state index in [1.807, 2.05) is 0 Å². The minimum absolute atomic E-state index is 0.450. The number of rotatable bonds is 4. The first-order valence-electron chi connectivity index (χ1n) is 7.75. The maximum Gasteiger partial charge on any atom is 0.0306 e. The van der Waals surface area contributed by atoms with Crippen LogP contribution < -0.4 is 5.32 Å². The van der Waals surface area contributed by atoms with Crippen LogP contribution in [0.25, 0.3) is 0 Å². The predicted octanol–water partition coefficient (Wildman–Crippen LogP) is 3.03. The van der Waals surface area contributed by atoms with Crippen molar-refractivity contribution in [3.8, 4) is 0 Å². The molecule has 17 heavy (non-hydrogen) atoms. The average Bonchev–Trinajstić information content (AvgIpc) is 2.70. The van der Waals surface area contributed by atoms with Crippen molar-refractivity contribution in [2.75, 3.05) is 26.2 Å². The van der Waals surface area contributed by atoms with Gasteiger partial charge in [-0.15, -0.1) is 0 Å². The lowest BCUT2D eigenvalue weighted by Gasteiger charge is -2.34. The van der Waals surface area contributed by atoms with Crippen LogP contribution in [-0.4, -0.2) is 36.6 Å². The Labute approximate surface area is 107 Å². The van der Waals surface area contributed by atoms with Gasteiger partial charge in [0.05, 0.1) is 0 Å². The molecule has 0 bridgehead atoms. The minimum Gasteiger partial charge on any atom is -0.310 e. The molecule has 2 nitrogen and oxygen atoms in total. The standard InChI is InChI=1S/C15H30N2/c1-3-14-7-5-11-17(12-8-14)13-15(4-2)9-6-10-16-15/h14,16H,3-13H2,1-2H3. The summed E-state index contributed by atoms with van der Waals surface area (Å²) >= 11 is 0. The average molecular weight is 238 g/mol. The molecule has 2 aliphatic rings. The molecule has 0 aromatic heterocycles. The number of nitrogens with one attached hydrogen (secondary N) is 1. The van der Waals surface area contributed by atoms with Crippen LogP contribution in [0.1, 0.15) is 58.8 Å². The van der Waals surface area contributed by atoms with Gasteiger partial charge < -0.3 is 10.2 Å². The van der Waals surface area contributed by atoms with E-state index in [0.29, 0.717) is 5.54 Å². The second-order valence-corrected chi connectivity index (χ2v) is 6.15. The molecule has 0 aliphatic carbocycles. The van der Waals surface area contributed by atoms with E-state index in [4.69, 9.17) is 0 Å². The predicted molar refractivity (Wildman–Crippen MR) is 74.3 cm³/mol. The zero-order valence-electron chi connectivity index (χ0n) is 11.8. The van der Waals surface area contributed by atoms with Crippen molar-refractivity contribution in [1.29, 1.82) is 0 Å². The fourth-order valence-electron chi connectivity index (χ4n) is 3.64. The molecule has 2 heteroatoms. The summed E-state index contributed by atoms with van der Waals surface area (Å²) < 4.78 is 0. The highest BCUT2D eigenvalue weighted by Crippen LogP contribution is 2.26. The Balaban J connectivity index is 1.85. The zero-order chi connectivity index (χ0) is 12.1. The van der Waals surface area contributed by atoms with Crippen molar-refractivity contribution in [2.45, 2.75) is 64.3 Å². The third-order valence-electron chi connectivity index (χ3n) is 5.05. The molecule has 0 amide bonds. The largest absolute Gasteiger partial charge is 0.310 e. The van der Waals surface area contributed by atoms with Crippen LogP contribution in [0.4, 0.5) is 0 Å². The van der Waals surface area contributed by atoms with Crippen molar-refractivity contribution in [2.24, 2.45) is 5.92 Å². The molecule has 0 saturated carbocycles. The Morgan fingerprint density at radius 3 is 2.71 bits per heavy atom. The van der Waals surface area contributed by atoms with Gasteiger partial charge in [-0.05, 0) is 64.1 Å². The number of hydrogen-bond acceptors (Lipinski definition) is 2. The maximum absolute atomic E-state index is 3.77. The maximum atomic E-state index is 3.77. The smallest absolute Gasteiger partial charge is 0.0306 e. The SMILES string of the molecule is CCC1CCCN(CC2(CC)CCCN2)CC1. The third kappa shape index (κ3) is 3.45. The lowest BCUT2D eigenvalue weighted by molar-refractivity contribution is 0.191. The normalized spacial score (nSPS) is 36.0. The minimum atomic E-state index is 0.450. The Hall–Kier alpha value is -0.0800. The summed E-state index contributed by atoms with van der Waals surface area (Å²) in [5, 5.41) is 3.77. The first kappa shape index (κ1) is 13.4. The molecule has 0 radical (unpaired) electrons. The van der Waals surface area contributed by atoms with Crippen LogP contribution in [0.5, 0.6) is 0 Å². The van der Waals surface area contributed by atoms with E-state index in [1.54, 1.807) is 0 Å². The fourth-order valence-corrected chi connectivity index (χ4v) is 3.64. The van der Waals surface area contributed by atoms with Gasteiger partial charge in [0.1, 0.15) is 0 Å². The molecule has 2 rings (SSSR count). The molecule has 2 fully saturated rings. The van der Waals surface area contributed by atoms with E-state index < -0.39 is 0 Å². The van der Waals surface area contributed by atoms with Crippen molar-refractivity contribution < 1.29 is 0 Å². The summed E-state index contributed by atoms with van der Waals surface area (Å²) in [6.07, 6.45) is 9.73. The molecule has 0 aromatic carbocycles. The molecule has 2 atom stereocenters. The summed E-state index contributed by atoms with van der Waals surface area (Å²) in [4.78, 5) is 2.73. The molecule has 2 unspecified atom stereocenters. The zero-order valence-corrected chi connectivity index (χ0v) is 11.8. The van der Waals surface area contributed by atoms with Gasteiger partial charge in [-0.3, -0.25) is 0 Å². The number of likely N-dealkylation sites (tertiary alicyclic amines) is 1. The third-order valence-corrected chi connectivity index (χ3v) is 5.05. The second-order valence-electron chi connectivity index (χ2n) is 6.15. The molecule has 1 N–H and O–H groups in total. The van der Waals surface area contributed by atoms with Gasteiger partial charge in [0, 0.05) is 12.1 Å². The van der Waals surface area contributed by atoms with Crippen LogP contribution in [0, 0.1) is 5.92 Å². The molecule has 2 saturated heterocycles. The van der Waals surface area contributed by atoms with Crippen molar-refractivity contribution >= 4 is 0 Å². The van der Waals surface area contributed by atoms with Crippen LogP contribution in [0.2, 0.25) is 0 Å². The van der Waals surface area contributed by atoms with E-state index in [2.05, 4.69) is 24.1 Å². The highest BCUT2D eigenvalue weighted by molar-refractivity contribution is 4.94. The fraction of sp³-hybridized carbons (Fsp3) is 1.00. The Morgan fingerprint density at radius 1 is 1.18 bits per heavy atom. The lowest BCUT2D eigenvalue weighted by Crippen LogP contribution is -2.49. The number of nitrogens with zero attached hydrogens (tertiary/aromatic N) is 1. The summed E-state index contributed by atoms with van der Waals surface area (Å²) in [6.45, 7) is 9.90. The highest BCUT2D eigenvalue weighted by Gasteiger charge is 2.33. The quantitative estimate of drug-likeness (QED) is 0.810. The van der Waals surface area contributed by atoms with E-state index in [-0.39, 0.29) is 0 Å². The second kappa shape index (κ2) is 6.19. The van der Waals surface area contributed by atoms with E-state index >= 15 is 0 Å². The van der Waals surface area contributed by atoms with Crippen LogP contribution >= 0.6 is 0 Å². The van der Waals surface area contributed by atoms with Gasteiger partial charge in [-0.2, -0.15) is 0 Å². The summed E-state index contributed by atoms with van der Waals surface area (Å²) in [5.74, 6) is 0.995. The molecule has 0 aromatic rings. The number of hydrogen-bond donors (Lipinski definition) is 1. The van der Waals surface area contributed by atoms with Crippen LogP contribution in [0.3, 0.4) is 0 Å². The van der Waals surface area contributed by atoms with E-state index in [9.17, 15) is 0 Å². The van der Waals surface area contributed by atoms with Gasteiger partial charge in [0.15, 0.2) is 0 Å². The molecule has 0 spiro atoms. The van der Waals surface area contributed by atoms with E-state index in [0.717, 1.165) is 5.92 Å². The van der Waals surface area contributed by atoms with Crippen LogP contribution in [-0.2, 0) is 0 Å². The van der Waals surface area contributed by atoms with Gasteiger partial charge in [0.2, 0.25) is 0 Å². The van der Waals surface area contributed by atoms with Gasteiger partial charge >= 0.3 is 0 Å². The first-order chi connectivity index (χ1) is 8.28. The van der Waals surface area contributed by atoms with E-state index in [1.165, 1.54) is 71.1 Å². The summed E-state index contributed by atoms with van der Waals surface area (Å²) in [5.41, 5.74) is 0.450. The van der Waals surface area contributed by atoms with Crippen molar-refractivity contribution in [3.05, 3.63) is 0 Å². The Bertz CT molecular complexity index is 221. The molecular formula is C15H30N2.